The van der Waals surface area contributed by atoms with Crippen LogP contribution in [0.15, 0.2) is 0 Å². The van der Waals surface area contributed by atoms with Crippen LogP contribution in [-0.2, 0) is 14.9 Å². The van der Waals surface area contributed by atoms with Crippen molar-refractivity contribution in [3.63, 3.8) is 0 Å². The number of fused-ring (bicyclic) bond motifs is 1. The number of aromatic nitrogens is 4. The number of nitrogens with zero attached hydrogens (tertiary/aromatic N) is 4. The average Bonchev–Trinajstić information content (AvgIpc) is 3.14. The number of ether oxygens (including phenoxy) is 2. The molecule has 0 bridgehead atoms. The van der Waals surface area contributed by atoms with Crippen molar-refractivity contribution in [3.05, 3.63) is 10.8 Å². The second-order valence-electron chi connectivity index (χ2n) is 5.70. The molecule has 0 amide bonds. The van der Waals surface area contributed by atoms with E-state index in [1.165, 1.54) is 11.3 Å². The van der Waals surface area contributed by atoms with Crippen LogP contribution >= 0.6 is 11.3 Å². The van der Waals surface area contributed by atoms with Crippen LogP contribution in [0, 0.1) is 0 Å². The molecule has 2 aromatic heterocycles. The first-order chi connectivity index (χ1) is 9.68. The molecule has 4 heterocycles. The van der Waals surface area contributed by atoms with Crippen LogP contribution in [0.4, 0.5) is 0 Å². The molecule has 4 rings (SSSR count). The quantitative estimate of drug-likeness (QED) is 0.875. The average molecular weight is 295 g/mol. The van der Waals surface area contributed by atoms with Crippen LogP contribution in [0.1, 0.15) is 36.7 Å². The molecule has 3 unspecified atom stereocenters. The smallest absolute Gasteiger partial charge is 0.234 e. The van der Waals surface area contributed by atoms with Gasteiger partial charge in [0.2, 0.25) is 4.96 Å². The SMILES string of the molecule is CC1(c2nn3c(C4CCCO4)nnc3s2)COCC1N. The fraction of sp³-hybridized carbons (Fsp3) is 0.750. The van der Waals surface area contributed by atoms with Crippen molar-refractivity contribution in [2.45, 2.75) is 37.3 Å². The Kier molecular flexibility index (Phi) is 2.81. The zero-order valence-corrected chi connectivity index (χ0v) is 12.1. The number of hydrogen-bond donors (Lipinski definition) is 1. The highest BCUT2D eigenvalue weighted by molar-refractivity contribution is 7.16. The van der Waals surface area contributed by atoms with E-state index in [9.17, 15) is 0 Å². The Bertz CT molecular complexity index is 635. The summed E-state index contributed by atoms with van der Waals surface area (Å²) in [6.45, 7) is 4.07. The Morgan fingerprint density at radius 2 is 2.35 bits per heavy atom. The van der Waals surface area contributed by atoms with Gasteiger partial charge in [-0.15, -0.1) is 10.2 Å². The summed E-state index contributed by atoms with van der Waals surface area (Å²) in [6, 6.07) is -0.0301. The Morgan fingerprint density at radius 3 is 3.05 bits per heavy atom. The van der Waals surface area contributed by atoms with Crippen LogP contribution in [0.25, 0.3) is 4.96 Å². The van der Waals surface area contributed by atoms with Crippen molar-refractivity contribution < 1.29 is 9.47 Å². The first-order valence-corrected chi connectivity index (χ1v) is 7.68. The van der Waals surface area contributed by atoms with Gasteiger partial charge >= 0.3 is 0 Å². The molecule has 0 radical (unpaired) electrons. The maximum atomic E-state index is 6.17. The minimum Gasteiger partial charge on any atom is -0.379 e. The summed E-state index contributed by atoms with van der Waals surface area (Å²) >= 11 is 1.54. The Hall–Kier alpha value is -1.09. The van der Waals surface area contributed by atoms with Crippen LogP contribution in [0.2, 0.25) is 0 Å². The highest BCUT2D eigenvalue weighted by atomic mass is 32.1. The summed E-state index contributed by atoms with van der Waals surface area (Å²) in [6.07, 6.45) is 2.06. The molecule has 0 aliphatic carbocycles. The highest BCUT2D eigenvalue weighted by Crippen LogP contribution is 2.36. The van der Waals surface area contributed by atoms with Crippen LogP contribution < -0.4 is 5.73 Å². The van der Waals surface area contributed by atoms with Gasteiger partial charge in [0.05, 0.1) is 18.6 Å². The van der Waals surface area contributed by atoms with Crippen molar-refractivity contribution >= 4 is 16.3 Å². The van der Waals surface area contributed by atoms with Gasteiger partial charge in [-0.3, -0.25) is 0 Å². The van der Waals surface area contributed by atoms with E-state index in [1.54, 1.807) is 0 Å². The van der Waals surface area contributed by atoms with Crippen molar-refractivity contribution in [1.82, 2.24) is 19.8 Å². The lowest BCUT2D eigenvalue weighted by atomic mass is 9.87. The summed E-state index contributed by atoms with van der Waals surface area (Å²) in [4.78, 5) is 0.797. The molecule has 0 spiro atoms. The maximum absolute atomic E-state index is 6.17. The molecule has 8 heteroatoms. The lowest BCUT2D eigenvalue weighted by Gasteiger charge is -2.23. The third-order valence-corrected chi connectivity index (χ3v) is 5.42. The van der Waals surface area contributed by atoms with Crippen molar-refractivity contribution in [2.75, 3.05) is 19.8 Å². The van der Waals surface area contributed by atoms with E-state index >= 15 is 0 Å². The molecule has 2 aliphatic rings. The van der Waals surface area contributed by atoms with Crippen LogP contribution in [-0.4, -0.2) is 45.7 Å². The number of nitrogens with two attached hydrogens (primary N) is 1. The molecule has 2 saturated heterocycles. The maximum Gasteiger partial charge on any atom is 0.234 e. The second kappa shape index (κ2) is 4.45. The summed E-state index contributed by atoms with van der Waals surface area (Å²) in [5.41, 5.74) is 5.93. The molecule has 3 atom stereocenters. The van der Waals surface area contributed by atoms with Gasteiger partial charge in [0.25, 0.3) is 0 Å². The number of hydrogen-bond acceptors (Lipinski definition) is 7. The largest absolute Gasteiger partial charge is 0.379 e. The van der Waals surface area contributed by atoms with Gasteiger partial charge in [0.1, 0.15) is 11.1 Å². The Morgan fingerprint density at radius 1 is 1.45 bits per heavy atom. The van der Waals surface area contributed by atoms with Gasteiger partial charge in [-0.25, -0.2) is 0 Å². The third kappa shape index (κ3) is 1.72. The molecule has 2 aromatic rings. The van der Waals surface area contributed by atoms with E-state index in [2.05, 4.69) is 17.1 Å². The first kappa shape index (κ1) is 12.6. The van der Waals surface area contributed by atoms with Gasteiger partial charge in [0.15, 0.2) is 5.82 Å². The minimum atomic E-state index is -0.237. The summed E-state index contributed by atoms with van der Waals surface area (Å²) in [5.74, 6) is 0.802. The molecule has 2 fully saturated rings. The Labute approximate surface area is 120 Å². The molecule has 7 nitrogen and oxygen atoms in total. The molecule has 108 valence electrons. The lowest BCUT2D eigenvalue weighted by molar-refractivity contribution is 0.103. The van der Waals surface area contributed by atoms with Gasteiger partial charge in [-0.1, -0.05) is 11.3 Å². The lowest BCUT2D eigenvalue weighted by Crippen LogP contribution is -2.41. The predicted octanol–water partition coefficient (Wildman–Crippen LogP) is 0.653. The minimum absolute atomic E-state index is 0.0151. The van der Waals surface area contributed by atoms with E-state index in [4.69, 9.17) is 20.3 Å². The fourth-order valence-corrected chi connectivity index (χ4v) is 3.80. The van der Waals surface area contributed by atoms with E-state index in [-0.39, 0.29) is 17.6 Å². The van der Waals surface area contributed by atoms with Crippen molar-refractivity contribution in [2.24, 2.45) is 5.73 Å². The summed E-state index contributed by atoms with van der Waals surface area (Å²) in [5, 5.41) is 14.1. The van der Waals surface area contributed by atoms with Gasteiger partial charge < -0.3 is 15.2 Å². The van der Waals surface area contributed by atoms with E-state index in [1.807, 2.05) is 4.52 Å². The number of rotatable bonds is 2. The highest BCUT2D eigenvalue weighted by Gasteiger charge is 2.42. The molecular weight excluding hydrogens is 278 g/mol. The summed E-state index contributed by atoms with van der Waals surface area (Å²) in [7, 11) is 0. The second-order valence-corrected chi connectivity index (χ2v) is 6.66. The van der Waals surface area contributed by atoms with Gasteiger partial charge in [-0.2, -0.15) is 9.61 Å². The van der Waals surface area contributed by atoms with Crippen molar-refractivity contribution in [1.29, 1.82) is 0 Å². The molecule has 2 aliphatic heterocycles. The van der Waals surface area contributed by atoms with Crippen LogP contribution in [0.3, 0.4) is 0 Å². The van der Waals surface area contributed by atoms with E-state index in [0.717, 1.165) is 35.2 Å². The van der Waals surface area contributed by atoms with Gasteiger partial charge in [0, 0.05) is 12.6 Å². The normalized spacial score (nSPS) is 34.3. The fourth-order valence-electron chi connectivity index (χ4n) is 2.75. The van der Waals surface area contributed by atoms with E-state index in [0.29, 0.717) is 13.2 Å². The first-order valence-electron chi connectivity index (χ1n) is 6.86. The zero-order chi connectivity index (χ0) is 13.7. The summed E-state index contributed by atoms with van der Waals surface area (Å²) < 4.78 is 13.0. The monoisotopic (exact) mass is 295 g/mol. The predicted molar refractivity (Wildman–Crippen MR) is 72.7 cm³/mol. The third-order valence-electron chi connectivity index (χ3n) is 4.24. The van der Waals surface area contributed by atoms with E-state index < -0.39 is 0 Å². The Balaban J connectivity index is 1.76. The van der Waals surface area contributed by atoms with Crippen molar-refractivity contribution in [3.8, 4) is 0 Å². The standard InChI is InChI=1S/C12H17N5O2S/c1-12(6-18-5-8(12)13)10-16-17-9(7-3-2-4-19-7)14-15-11(17)20-10/h7-8H,2-6,13H2,1H3. The van der Waals surface area contributed by atoms with Crippen LogP contribution in [0.5, 0.6) is 0 Å². The molecule has 2 N–H and O–H groups in total. The van der Waals surface area contributed by atoms with Gasteiger partial charge in [-0.05, 0) is 19.8 Å². The molecular formula is C12H17N5O2S. The topological polar surface area (TPSA) is 87.6 Å². The molecule has 0 aromatic carbocycles. The zero-order valence-electron chi connectivity index (χ0n) is 11.3. The molecule has 20 heavy (non-hydrogen) atoms. The molecule has 0 saturated carbocycles.